The van der Waals surface area contributed by atoms with Gasteiger partial charge in [-0.15, -0.1) is 0 Å². The van der Waals surface area contributed by atoms with Crippen LogP contribution in [0.4, 0.5) is 22.7 Å². The Kier molecular flexibility index (Phi) is 8.59. The van der Waals surface area contributed by atoms with E-state index in [1.54, 1.807) is 13.0 Å². The van der Waals surface area contributed by atoms with Crippen LogP contribution in [0.2, 0.25) is 5.82 Å². The molecule has 0 radical (unpaired) electrons. The van der Waals surface area contributed by atoms with Crippen molar-refractivity contribution in [2.75, 3.05) is 11.5 Å². The highest BCUT2D eigenvalue weighted by atomic mass is 79.9. The third-order valence-corrected chi connectivity index (χ3v) is 6.27. The Labute approximate surface area is 194 Å². The summed E-state index contributed by atoms with van der Waals surface area (Å²) in [5.41, 5.74) is 14.5. The van der Waals surface area contributed by atoms with Crippen LogP contribution in [0.25, 0.3) is 0 Å². The van der Waals surface area contributed by atoms with Crippen LogP contribution in [0.15, 0.2) is 28.7 Å². The minimum absolute atomic E-state index is 0.0203. The molecule has 0 heterocycles. The van der Waals surface area contributed by atoms with Crippen molar-refractivity contribution >= 4 is 45.8 Å². The van der Waals surface area contributed by atoms with E-state index in [1.807, 2.05) is 13.0 Å². The molecular formula is C20H26BBrN4O6. The Bertz CT molecular complexity index is 1010. The van der Waals surface area contributed by atoms with E-state index >= 15 is 0 Å². The molecule has 2 fully saturated rings. The van der Waals surface area contributed by atoms with E-state index in [1.165, 1.54) is 30.5 Å². The molecule has 12 heteroatoms. The molecule has 0 saturated heterocycles. The zero-order valence-corrected chi connectivity index (χ0v) is 19.4. The van der Waals surface area contributed by atoms with Gasteiger partial charge < -0.3 is 21.5 Å². The molecule has 0 amide bonds. The minimum atomic E-state index is -1.04. The molecule has 2 aliphatic carbocycles. The van der Waals surface area contributed by atoms with Gasteiger partial charge in [-0.2, -0.15) is 0 Å². The summed E-state index contributed by atoms with van der Waals surface area (Å²) in [5, 5.41) is 37.5. The molecule has 6 N–H and O–H groups in total. The molecule has 0 spiro atoms. The predicted octanol–water partition coefficient (Wildman–Crippen LogP) is 4.23. The van der Waals surface area contributed by atoms with Crippen molar-refractivity contribution in [2.24, 2.45) is 0 Å². The lowest BCUT2D eigenvalue weighted by Gasteiger charge is -2.07. The van der Waals surface area contributed by atoms with Gasteiger partial charge in [-0.05, 0) is 61.2 Å². The molecule has 0 atom stereocenters. The summed E-state index contributed by atoms with van der Waals surface area (Å²) in [6.45, 7) is 3.59. The van der Waals surface area contributed by atoms with Crippen molar-refractivity contribution < 1.29 is 19.9 Å². The average molecular weight is 509 g/mol. The van der Waals surface area contributed by atoms with E-state index in [4.69, 9.17) is 21.5 Å². The van der Waals surface area contributed by atoms with Gasteiger partial charge in [0.1, 0.15) is 11.4 Å². The van der Waals surface area contributed by atoms with E-state index in [9.17, 15) is 20.2 Å². The number of rotatable bonds is 4. The SMILES string of the molecule is Cc1c(Br)ccc([N+](=O)[O-])c1N.Cc1c(C2CC2)ccc([N+](=O)[O-])c1N.OB(O)C1CC1. The maximum Gasteiger partial charge on any atom is 0.454 e. The van der Waals surface area contributed by atoms with Crippen LogP contribution >= 0.6 is 15.9 Å². The Balaban J connectivity index is 0.000000183. The highest BCUT2D eigenvalue weighted by Crippen LogP contribution is 2.44. The summed E-state index contributed by atoms with van der Waals surface area (Å²) >= 11 is 3.23. The number of anilines is 2. The van der Waals surface area contributed by atoms with Crippen LogP contribution in [0.5, 0.6) is 0 Å². The normalized spacial score (nSPS) is 14.4. The van der Waals surface area contributed by atoms with E-state index < -0.39 is 17.0 Å². The monoisotopic (exact) mass is 508 g/mol. The first-order chi connectivity index (χ1) is 15.0. The fraction of sp³-hybridized carbons (Fsp3) is 0.400. The van der Waals surface area contributed by atoms with Crippen molar-refractivity contribution in [3.8, 4) is 0 Å². The molecule has 0 unspecified atom stereocenters. The van der Waals surface area contributed by atoms with Crippen LogP contribution in [-0.4, -0.2) is 27.0 Å². The maximum absolute atomic E-state index is 10.6. The number of nitro groups is 2. The zero-order chi connectivity index (χ0) is 24.2. The first-order valence-electron chi connectivity index (χ1n) is 10.0. The lowest BCUT2D eigenvalue weighted by molar-refractivity contribution is -0.384. The van der Waals surface area contributed by atoms with Crippen molar-refractivity contribution in [2.45, 2.75) is 51.3 Å². The topological polar surface area (TPSA) is 179 Å². The van der Waals surface area contributed by atoms with Crippen molar-refractivity contribution in [3.05, 3.63) is 65.7 Å². The smallest absolute Gasteiger partial charge is 0.427 e. The summed E-state index contributed by atoms with van der Waals surface area (Å²) in [6, 6.07) is 6.34. The third kappa shape index (κ3) is 6.65. The fourth-order valence-electron chi connectivity index (χ4n) is 2.97. The highest BCUT2D eigenvalue weighted by Gasteiger charge is 2.33. The maximum atomic E-state index is 10.6. The van der Waals surface area contributed by atoms with Crippen LogP contribution in [0.3, 0.4) is 0 Å². The van der Waals surface area contributed by atoms with Crippen molar-refractivity contribution in [1.82, 2.24) is 0 Å². The Hall–Kier alpha value is -2.70. The van der Waals surface area contributed by atoms with Crippen LogP contribution in [0, 0.1) is 34.1 Å². The van der Waals surface area contributed by atoms with Gasteiger partial charge in [0.05, 0.1) is 9.85 Å². The second kappa shape index (κ2) is 10.8. The van der Waals surface area contributed by atoms with Crippen molar-refractivity contribution in [1.29, 1.82) is 0 Å². The van der Waals surface area contributed by atoms with Crippen LogP contribution in [0.1, 0.15) is 48.3 Å². The summed E-state index contributed by atoms with van der Waals surface area (Å²) in [5.74, 6) is 0.795. The lowest BCUT2D eigenvalue weighted by Crippen LogP contribution is -2.09. The molecule has 2 aromatic carbocycles. The Morgan fingerprint density at radius 2 is 1.38 bits per heavy atom. The molecule has 32 heavy (non-hydrogen) atoms. The van der Waals surface area contributed by atoms with Gasteiger partial charge in [0, 0.05) is 16.6 Å². The molecule has 0 bridgehead atoms. The molecule has 2 aliphatic rings. The molecule has 10 nitrogen and oxygen atoms in total. The van der Waals surface area contributed by atoms with Gasteiger partial charge >= 0.3 is 7.12 Å². The largest absolute Gasteiger partial charge is 0.454 e. The highest BCUT2D eigenvalue weighted by molar-refractivity contribution is 9.10. The van der Waals surface area contributed by atoms with Gasteiger partial charge in [0.25, 0.3) is 11.4 Å². The number of nitrogen functional groups attached to an aromatic ring is 2. The van der Waals surface area contributed by atoms with Crippen LogP contribution < -0.4 is 11.5 Å². The van der Waals surface area contributed by atoms with E-state index in [0.29, 0.717) is 17.2 Å². The standard InChI is InChI=1S/C10H12N2O2.C7H7BrN2O2.C3H7BO2/c1-6-8(7-2-3-7)4-5-9(10(6)11)12(13)14;1-4-5(8)2-3-6(7(4)9)10(11)12;5-4(6)3-1-2-3/h4-5,7H,2-3,11H2,1H3;2-3H,9H2,1H3;3,5-6H,1-2H2. The second-order valence-electron chi connectivity index (χ2n) is 7.86. The number of hydrogen-bond acceptors (Lipinski definition) is 8. The van der Waals surface area contributed by atoms with Gasteiger partial charge in [-0.1, -0.05) is 34.8 Å². The lowest BCUT2D eigenvalue weighted by atomic mass is 9.84. The first kappa shape index (κ1) is 25.6. The second-order valence-corrected chi connectivity index (χ2v) is 8.71. The van der Waals surface area contributed by atoms with E-state index in [0.717, 1.165) is 22.9 Å². The average Bonchev–Trinajstić information content (AvgIpc) is 3.61. The number of nitro benzene ring substituents is 2. The summed E-state index contributed by atoms with van der Waals surface area (Å²) in [4.78, 5) is 20.1. The Morgan fingerprint density at radius 3 is 1.75 bits per heavy atom. The van der Waals surface area contributed by atoms with Gasteiger partial charge in [0.2, 0.25) is 0 Å². The van der Waals surface area contributed by atoms with Crippen LogP contribution in [-0.2, 0) is 0 Å². The number of nitrogens with zero attached hydrogens (tertiary/aromatic N) is 2. The Morgan fingerprint density at radius 1 is 0.906 bits per heavy atom. The molecule has 4 rings (SSSR count). The zero-order valence-electron chi connectivity index (χ0n) is 17.8. The van der Waals surface area contributed by atoms with E-state index in [2.05, 4.69) is 15.9 Å². The molecular weight excluding hydrogens is 483 g/mol. The van der Waals surface area contributed by atoms with Gasteiger partial charge in [-0.25, -0.2) is 0 Å². The molecule has 172 valence electrons. The predicted molar refractivity (Wildman–Crippen MR) is 127 cm³/mol. The first-order valence-corrected chi connectivity index (χ1v) is 10.8. The number of halogens is 1. The summed E-state index contributed by atoms with van der Waals surface area (Å²) in [6.07, 6.45) is 4.35. The molecule has 0 aromatic heterocycles. The van der Waals surface area contributed by atoms with Gasteiger partial charge in [0.15, 0.2) is 0 Å². The van der Waals surface area contributed by atoms with Crippen molar-refractivity contribution in [3.63, 3.8) is 0 Å². The molecule has 0 aliphatic heterocycles. The quantitative estimate of drug-likeness (QED) is 0.205. The fourth-order valence-corrected chi connectivity index (χ4v) is 3.31. The third-order valence-electron chi connectivity index (χ3n) is 5.41. The minimum Gasteiger partial charge on any atom is -0.427 e. The summed E-state index contributed by atoms with van der Waals surface area (Å²) < 4.78 is 0.783. The number of nitrogens with two attached hydrogens (primary N) is 2. The number of hydrogen-bond donors (Lipinski definition) is 4. The van der Waals surface area contributed by atoms with Gasteiger partial charge in [-0.3, -0.25) is 20.2 Å². The van der Waals surface area contributed by atoms with E-state index in [-0.39, 0.29) is 22.9 Å². The molecule has 2 aromatic rings. The molecule has 2 saturated carbocycles. The summed E-state index contributed by atoms with van der Waals surface area (Å²) in [7, 11) is -1.04. The number of benzene rings is 2.